The zero-order chi connectivity index (χ0) is 27.1. The van der Waals surface area contributed by atoms with Crippen molar-refractivity contribution in [1.29, 1.82) is 0 Å². The minimum atomic E-state index is -1.02. The monoisotopic (exact) mass is 545 g/mol. The lowest BCUT2D eigenvalue weighted by Crippen LogP contribution is -2.44. The molecule has 4 amide bonds. The number of pyridine rings is 1. The summed E-state index contributed by atoms with van der Waals surface area (Å²) in [6, 6.07) is 17.4. The van der Waals surface area contributed by atoms with E-state index in [4.69, 9.17) is 9.57 Å². The van der Waals surface area contributed by atoms with Gasteiger partial charge in [-0.3, -0.25) is 14.5 Å². The number of anilines is 3. The number of nitrogens with zero attached hydrogens (tertiary/aromatic N) is 4. The number of urea groups is 1. The van der Waals surface area contributed by atoms with Crippen LogP contribution in [-0.2, 0) is 4.84 Å². The number of carboxylic acid groups (broad SMARTS) is 1. The predicted octanol–water partition coefficient (Wildman–Crippen LogP) is 5.21. The van der Waals surface area contributed by atoms with Crippen LogP contribution in [0.4, 0.5) is 26.7 Å². The summed E-state index contributed by atoms with van der Waals surface area (Å²) in [5, 5.41) is 13.8. The molecule has 12 heteroatoms. The van der Waals surface area contributed by atoms with Crippen LogP contribution in [0.3, 0.4) is 0 Å². The third-order valence-corrected chi connectivity index (χ3v) is 7.70. The number of nitrogens with one attached hydrogen (secondary N) is 1. The number of hydrogen-bond donors (Lipinski definition) is 2. The lowest BCUT2D eigenvalue weighted by atomic mass is 10.1. The number of ether oxygens (including phenoxy) is 1. The van der Waals surface area contributed by atoms with E-state index in [-0.39, 0.29) is 17.5 Å². The standard InChI is InChI=1S/C27H23N5O6S/c1-37-32-22-21-20(31(26(32)34)17-7-9-19(10-8-17)38-18-5-3-2-4-6-18)11-13-28-25(21)39-23(22)24(33)29-16-12-14-30(15-16)27(35)36/h2-11,13,16H,12,14-15H2,1H3,(H,29,33)(H,35,36). The number of thiophene rings is 1. The fraction of sp³-hybridized carbons (Fsp3) is 0.185. The maximum atomic E-state index is 13.7. The average Bonchev–Trinajstić information content (AvgIpc) is 3.57. The second-order valence-corrected chi connectivity index (χ2v) is 9.98. The molecule has 198 valence electrons. The van der Waals surface area contributed by atoms with Gasteiger partial charge in [-0.05, 0) is 48.9 Å². The van der Waals surface area contributed by atoms with Gasteiger partial charge in [-0.25, -0.2) is 14.6 Å². The van der Waals surface area contributed by atoms with Gasteiger partial charge < -0.3 is 20.1 Å². The second kappa shape index (κ2) is 9.89. The maximum absolute atomic E-state index is 13.7. The third-order valence-electron chi connectivity index (χ3n) is 6.61. The SMILES string of the molecule is CON1C(=O)N(c2ccc(Oc3ccccc3)cc2)c2ccnc3sc(C(=O)NC4CCN(C(=O)O)C4)c1c23. The van der Waals surface area contributed by atoms with Gasteiger partial charge in [-0.2, -0.15) is 5.06 Å². The molecule has 1 fully saturated rings. The molecule has 0 spiro atoms. The van der Waals surface area contributed by atoms with Gasteiger partial charge in [0.25, 0.3) is 5.91 Å². The molecule has 1 atom stereocenters. The first-order valence-corrected chi connectivity index (χ1v) is 13.0. The molecule has 0 bridgehead atoms. The van der Waals surface area contributed by atoms with Gasteiger partial charge in [0.15, 0.2) is 0 Å². The van der Waals surface area contributed by atoms with E-state index in [1.54, 1.807) is 36.5 Å². The number of rotatable bonds is 6. The van der Waals surface area contributed by atoms with Crippen molar-refractivity contribution in [2.24, 2.45) is 0 Å². The van der Waals surface area contributed by atoms with E-state index in [2.05, 4.69) is 10.3 Å². The number of hydroxylamine groups is 1. The van der Waals surface area contributed by atoms with Crippen LogP contribution in [-0.4, -0.2) is 59.3 Å². The Balaban J connectivity index is 1.34. The lowest BCUT2D eigenvalue weighted by molar-refractivity contribution is 0.0938. The molecule has 2 aromatic carbocycles. The molecular weight excluding hydrogens is 522 g/mol. The van der Waals surface area contributed by atoms with Crippen molar-refractivity contribution in [1.82, 2.24) is 15.2 Å². The molecule has 0 saturated carbocycles. The Labute approximate surface area is 226 Å². The second-order valence-electron chi connectivity index (χ2n) is 8.98. The Kier molecular flexibility index (Phi) is 6.25. The van der Waals surface area contributed by atoms with Gasteiger partial charge in [0.05, 0.1) is 23.9 Å². The molecule has 2 aliphatic heterocycles. The minimum absolute atomic E-state index is 0.204. The van der Waals surface area contributed by atoms with Crippen LogP contribution in [0.2, 0.25) is 0 Å². The lowest BCUT2D eigenvalue weighted by Gasteiger charge is -2.34. The predicted molar refractivity (Wildman–Crippen MR) is 145 cm³/mol. The van der Waals surface area contributed by atoms with Gasteiger partial charge in [0, 0.05) is 25.3 Å². The highest BCUT2D eigenvalue weighted by molar-refractivity contribution is 7.21. The molecule has 2 aliphatic rings. The van der Waals surface area contributed by atoms with Gasteiger partial charge in [-0.1, -0.05) is 18.2 Å². The summed E-state index contributed by atoms with van der Waals surface area (Å²) in [7, 11) is 1.36. The van der Waals surface area contributed by atoms with E-state index >= 15 is 0 Å². The number of carbonyl (C=O) groups excluding carboxylic acids is 2. The molecule has 1 saturated heterocycles. The summed E-state index contributed by atoms with van der Waals surface area (Å²) >= 11 is 1.15. The van der Waals surface area contributed by atoms with E-state index in [0.29, 0.717) is 51.7 Å². The highest BCUT2D eigenvalue weighted by atomic mass is 32.1. The van der Waals surface area contributed by atoms with Crippen molar-refractivity contribution in [3.05, 3.63) is 71.7 Å². The highest BCUT2D eigenvalue weighted by Gasteiger charge is 2.39. The Bertz CT molecular complexity index is 1580. The Hall–Kier alpha value is -4.68. The van der Waals surface area contributed by atoms with Gasteiger partial charge in [0.1, 0.15) is 26.9 Å². The maximum Gasteiger partial charge on any atom is 0.407 e. The molecule has 0 radical (unpaired) electrons. The molecule has 11 nitrogen and oxygen atoms in total. The summed E-state index contributed by atoms with van der Waals surface area (Å²) in [5.41, 5.74) is 1.47. The summed E-state index contributed by atoms with van der Waals surface area (Å²) in [5.74, 6) is 0.894. The zero-order valence-corrected chi connectivity index (χ0v) is 21.6. The van der Waals surface area contributed by atoms with E-state index in [1.165, 1.54) is 16.9 Å². The number of benzene rings is 2. The number of amides is 4. The fourth-order valence-electron chi connectivity index (χ4n) is 4.82. The molecule has 2 aromatic heterocycles. The molecular formula is C27H23N5O6S. The number of aromatic nitrogens is 1. The largest absolute Gasteiger partial charge is 0.465 e. The number of hydrogen-bond acceptors (Lipinski definition) is 7. The molecule has 2 N–H and O–H groups in total. The minimum Gasteiger partial charge on any atom is -0.465 e. The summed E-state index contributed by atoms with van der Waals surface area (Å²) in [6.07, 6.45) is 1.08. The van der Waals surface area contributed by atoms with E-state index in [9.17, 15) is 19.5 Å². The van der Waals surface area contributed by atoms with Crippen LogP contribution in [0.15, 0.2) is 66.9 Å². The van der Waals surface area contributed by atoms with Gasteiger partial charge in [0.2, 0.25) is 0 Å². The van der Waals surface area contributed by atoms with Crippen LogP contribution >= 0.6 is 11.3 Å². The molecule has 4 aromatic rings. The van der Waals surface area contributed by atoms with Crippen molar-refractivity contribution < 1.29 is 29.1 Å². The third kappa shape index (κ3) is 4.39. The first-order chi connectivity index (χ1) is 18.9. The first kappa shape index (κ1) is 24.6. The van der Waals surface area contributed by atoms with Crippen molar-refractivity contribution in [3.8, 4) is 11.5 Å². The van der Waals surface area contributed by atoms with Crippen molar-refractivity contribution >= 4 is 56.6 Å². The zero-order valence-electron chi connectivity index (χ0n) is 20.7. The number of carbonyl (C=O) groups is 3. The van der Waals surface area contributed by atoms with Crippen LogP contribution in [0.25, 0.3) is 10.2 Å². The van der Waals surface area contributed by atoms with E-state index < -0.39 is 18.0 Å². The molecule has 4 heterocycles. The van der Waals surface area contributed by atoms with Crippen molar-refractivity contribution in [3.63, 3.8) is 0 Å². The Morgan fingerprint density at radius 2 is 1.82 bits per heavy atom. The Morgan fingerprint density at radius 1 is 1.08 bits per heavy atom. The number of likely N-dealkylation sites (tertiary alicyclic amines) is 1. The summed E-state index contributed by atoms with van der Waals surface area (Å²) in [4.78, 5) is 51.9. The summed E-state index contributed by atoms with van der Waals surface area (Å²) < 4.78 is 5.88. The van der Waals surface area contributed by atoms with E-state index in [1.807, 2.05) is 30.3 Å². The Morgan fingerprint density at radius 3 is 2.51 bits per heavy atom. The first-order valence-electron chi connectivity index (χ1n) is 12.2. The fourth-order valence-corrected chi connectivity index (χ4v) is 5.87. The van der Waals surface area contributed by atoms with Gasteiger partial charge >= 0.3 is 12.1 Å². The van der Waals surface area contributed by atoms with Crippen molar-refractivity contribution in [2.75, 3.05) is 30.2 Å². The molecule has 0 aliphatic carbocycles. The molecule has 39 heavy (non-hydrogen) atoms. The number of para-hydroxylation sites is 1. The van der Waals surface area contributed by atoms with Gasteiger partial charge in [-0.15, -0.1) is 11.3 Å². The summed E-state index contributed by atoms with van der Waals surface area (Å²) in [6.45, 7) is 0.549. The average molecular weight is 546 g/mol. The van der Waals surface area contributed by atoms with Crippen LogP contribution in [0, 0.1) is 0 Å². The van der Waals surface area contributed by atoms with Crippen LogP contribution < -0.4 is 20.0 Å². The normalized spacial score (nSPS) is 16.6. The van der Waals surface area contributed by atoms with Crippen LogP contribution in [0.1, 0.15) is 16.1 Å². The van der Waals surface area contributed by atoms with E-state index in [0.717, 1.165) is 16.4 Å². The smallest absolute Gasteiger partial charge is 0.407 e. The molecule has 1 unspecified atom stereocenters. The van der Waals surface area contributed by atoms with Crippen LogP contribution in [0.5, 0.6) is 11.5 Å². The highest BCUT2D eigenvalue weighted by Crippen LogP contribution is 2.48. The quantitative estimate of drug-likeness (QED) is 0.341. The molecule has 6 rings (SSSR count). The van der Waals surface area contributed by atoms with Crippen molar-refractivity contribution in [2.45, 2.75) is 12.5 Å². The topological polar surface area (TPSA) is 125 Å².